The van der Waals surface area contributed by atoms with Gasteiger partial charge >= 0.3 is 5.97 Å². The summed E-state index contributed by atoms with van der Waals surface area (Å²) in [6, 6.07) is 6.50. The molecule has 1 aliphatic rings. The Hall–Kier alpha value is -1.73. The van der Waals surface area contributed by atoms with E-state index in [4.69, 9.17) is 9.84 Å². The number of ether oxygens (including phenoxy) is 1. The SMILES string of the molecule is O=C(O)COc1cccc(NC(=O)C2CSCCN2)c1. The van der Waals surface area contributed by atoms with Crippen LogP contribution in [-0.2, 0) is 9.59 Å². The molecule has 1 aromatic rings. The van der Waals surface area contributed by atoms with E-state index in [-0.39, 0.29) is 11.9 Å². The van der Waals surface area contributed by atoms with Gasteiger partial charge in [-0.05, 0) is 12.1 Å². The zero-order chi connectivity index (χ0) is 14.4. The van der Waals surface area contributed by atoms with Gasteiger partial charge in [0, 0.05) is 29.8 Å². The van der Waals surface area contributed by atoms with Crippen molar-refractivity contribution in [3.05, 3.63) is 24.3 Å². The van der Waals surface area contributed by atoms with E-state index < -0.39 is 12.6 Å². The number of thioether (sulfide) groups is 1. The fourth-order valence-electron chi connectivity index (χ4n) is 1.77. The van der Waals surface area contributed by atoms with Gasteiger partial charge in [-0.25, -0.2) is 4.79 Å². The molecule has 108 valence electrons. The fraction of sp³-hybridized carbons (Fsp3) is 0.385. The predicted molar refractivity (Wildman–Crippen MR) is 77.3 cm³/mol. The summed E-state index contributed by atoms with van der Waals surface area (Å²) < 4.78 is 5.06. The van der Waals surface area contributed by atoms with Crippen LogP contribution in [0.4, 0.5) is 5.69 Å². The lowest BCUT2D eigenvalue weighted by atomic mass is 10.2. The van der Waals surface area contributed by atoms with Crippen molar-refractivity contribution in [3.63, 3.8) is 0 Å². The fourth-order valence-corrected chi connectivity index (χ4v) is 2.71. The van der Waals surface area contributed by atoms with E-state index in [1.165, 1.54) is 0 Å². The summed E-state index contributed by atoms with van der Waals surface area (Å²) in [5.41, 5.74) is 0.593. The lowest BCUT2D eigenvalue weighted by molar-refractivity contribution is -0.139. The maximum Gasteiger partial charge on any atom is 0.341 e. The van der Waals surface area contributed by atoms with Crippen molar-refractivity contribution in [2.75, 3.05) is 30.0 Å². The Morgan fingerprint density at radius 1 is 1.50 bits per heavy atom. The molecule has 1 amide bonds. The third-order valence-corrected chi connectivity index (χ3v) is 3.76. The molecule has 20 heavy (non-hydrogen) atoms. The molecule has 6 nitrogen and oxygen atoms in total. The standard InChI is InChI=1S/C13H16N2O4S/c16-12(17)7-19-10-3-1-2-9(6-10)15-13(18)11-8-20-5-4-14-11/h1-3,6,11,14H,4-5,7-8H2,(H,15,18)(H,16,17). The van der Waals surface area contributed by atoms with Gasteiger partial charge in [0.2, 0.25) is 5.91 Å². The Balaban J connectivity index is 1.93. The number of benzene rings is 1. The number of carbonyl (C=O) groups is 2. The first-order valence-electron chi connectivity index (χ1n) is 6.22. The zero-order valence-electron chi connectivity index (χ0n) is 10.8. The van der Waals surface area contributed by atoms with Crippen molar-refractivity contribution in [2.24, 2.45) is 0 Å². The minimum absolute atomic E-state index is 0.0902. The van der Waals surface area contributed by atoms with Gasteiger partial charge in [-0.2, -0.15) is 11.8 Å². The lowest BCUT2D eigenvalue weighted by Crippen LogP contribution is -2.46. The molecule has 0 saturated carbocycles. The molecule has 0 bridgehead atoms. The van der Waals surface area contributed by atoms with Gasteiger partial charge in [0.05, 0.1) is 6.04 Å². The number of carboxylic acids is 1. The Morgan fingerprint density at radius 2 is 2.35 bits per heavy atom. The van der Waals surface area contributed by atoms with E-state index in [9.17, 15) is 9.59 Å². The summed E-state index contributed by atoms with van der Waals surface area (Å²) in [5, 5.41) is 14.5. The van der Waals surface area contributed by atoms with Crippen molar-refractivity contribution < 1.29 is 19.4 Å². The van der Waals surface area contributed by atoms with Crippen molar-refractivity contribution in [1.82, 2.24) is 5.32 Å². The number of anilines is 1. The zero-order valence-corrected chi connectivity index (χ0v) is 11.6. The molecule has 1 heterocycles. The van der Waals surface area contributed by atoms with Gasteiger partial charge < -0.3 is 20.5 Å². The Kier molecular flexibility index (Phi) is 5.25. The van der Waals surface area contributed by atoms with Gasteiger partial charge in [-0.15, -0.1) is 0 Å². The molecule has 2 rings (SSSR count). The number of hydrogen-bond donors (Lipinski definition) is 3. The first-order valence-corrected chi connectivity index (χ1v) is 7.37. The first-order chi connectivity index (χ1) is 9.65. The Bertz CT molecular complexity index is 489. The van der Waals surface area contributed by atoms with Crippen LogP contribution in [0, 0.1) is 0 Å². The quantitative estimate of drug-likeness (QED) is 0.745. The Morgan fingerprint density at radius 3 is 3.05 bits per heavy atom. The summed E-state index contributed by atoms with van der Waals surface area (Å²) in [7, 11) is 0. The summed E-state index contributed by atoms with van der Waals surface area (Å²) in [5.74, 6) is 1.05. The minimum Gasteiger partial charge on any atom is -0.482 e. The van der Waals surface area contributed by atoms with E-state index >= 15 is 0 Å². The number of rotatable bonds is 5. The maximum atomic E-state index is 12.0. The second kappa shape index (κ2) is 7.16. The number of carboxylic acid groups (broad SMARTS) is 1. The molecule has 1 atom stereocenters. The monoisotopic (exact) mass is 296 g/mol. The third-order valence-electron chi connectivity index (χ3n) is 2.70. The maximum absolute atomic E-state index is 12.0. The van der Waals surface area contributed by atoms with Crippen LogP contribution in [-0.4, -0.2) is 47.7 Å². The van der Waals surface area contributed by atoms with Gasteiger partial charge in [0.1, 0.15) is 5.75 Å². The summed E-state index contributed by atoms with van der Waals surface area (Å²) in [6.45, 7) is 0.419. The molecule has 3 N–H and O–H groups in total. The minimum atomic E-state index is -1.04. The predicted octanol–water partition coefficient (Wildman–Crippen LogP) is 0.793. The van der Waals surface area contributed by atoms with Crippen molar-refractivity contribution >= 4 is 29.3 Å². The van der Waals surface area contributed by atoms with Crippen LogP contribution in [0.2, 0.25) is 0 Å². The third kappa shape index (κ3) is 4.43. The molecule has 0 aliphatic carbocycles. The van der Waals surface area contributed by atoms with Crippen molar-refractivity contribution in [3.8, 4) is 5.75 Å². The van der Waals surface area contributed by atoms with E-state index in [0.29, 0.717) is 11.4 Å². The van der Waals surface area contributed by atoms with Crippen molar-refractivity contribution in [1.29, 1.82) is 0 Å². The largest absolute Gasteiger partial charge is 0.482 e. The van der Waals surface area contributed by atoms with Crippen LogP contribution in [0.5, 0.6) is 5.75 Å². The van der Waals surface area contributed by atoms with Gasteiger partial charge in [0.25, 0.3) is 0 Å². The molecule has 0 aromatic heterocycles. The molecule has 1 aliphatic heterocycles. The molecule has 1 unspecified atom stereocenters. The highest BCUT2D eigenvalue weighted by Gasteiger charge is 2.20. The number of hydrogen-bond acceptors (Lipinski definition) is 5. The van der Waals surface area contributed by atoms with Crippen molar-refractivity contribution in [2.45, 2.75) is 6.04 Å². The van der Waals surface area contributed by atoms with E-state index in [2.05, 4.69) is 10.6 Å². The average molecular weight is 296 g/mol. The van der Waals surface area contributed by atoms with E-state index in [1.807, 2.05) is 0 Å². The van der Waals surface area contributed by atoms with Crippen LogP contribution >= 0.6 is 11.8 Å². The van der Waals surface area contributed by atoms with Crippen LogP contribution < -0.4 is 15.4 Å². The second-order valence-corrected chi connectivity index (χ2v) is 5.43. The molecule has 0 spiro atoms. The van der Waals surface area contributed by atoms with Crippen LogP contribution in [0.15, 0.2) is 24.3 Å². The number of amides is 1. The van der Waals surface area contributed by atoms with E-state index in [0.717, 1.165) is 18.1 Å². The smallest absolute Gasteiger partial charge is 0.341 e. The molecular formula is C13H16N2O4S. The highest BCUT2D eigenvalue weighted by molar-refractivity contribution is 7.99. The molecular weight excluding hydrogens is 280 g/mol. The lowest BCUT2D eigenvalue weighted by Gasteiger charge is -2.22. The number of nitrogens with one attached hydrogen (secondary N) is 2. The topological polar surface area (TPSA) is 87.7 Å². The van der Waals surface area contributed by atoms with Gasteiger partial charge in [0.15, 0.2) is 6.61 Å². The molecule has 1 saturated heterocycles. The van der Waals surface area contributed by atoms with Crippen LogP contribution in [0.1, 0.15) is 0 Å². The Labute approximate surface area is 120 Å². The molecule has 7 heteroatoms. The van der Waals surface area contributed by atoms with Gasteiger partial charge in [-0.3, -0.25) is 4.79 Å². The molecule has 1 aromatic carbocycles. The molecule has 0 radical (unpaired) electrons. The van der Waals surface area contributed by atoms with Gasteiger partial charge in [-0.1, -0.05) is 6.07 Å². The van der Waals surface area contributed by atoms with Crippen LogP contribution in [0.25, 0.3) is 0 Å². The second-order valence-electron chi connectivity index (χ2n) is 4.28. The number of carbonyl (C=O) groups excluding carboxylic acids is 1. The highest BCUT2D eigenvalue weighted by atomic mass is 32.2. The summed E-state index contributed by atoms with van der Waals surface area (Å²) in [6.07, 6.45) is 0. The normalized spacial score (nSPS) is 18.3. The molecule has 1 fully saturated rings. The summed E-state index contributed by atoms with van der Waals surface area (Å²) in [4.78, 5) is 22.5. The van der Waals surface area contributed by atoms with Crippen LogP contribution in [0.3, 0.4) is 0 Å². The summed E-state index contributed by atoms with van der Waals surface area (Å²) >= 11 is 1.74. The van der Waals surface area contributed by atoms with E-state index in [1.54, 1.807) is 36.0 Å². The number of aliphatic carboxylic acids is 1. The first kappa shape index (κ1) is 14.7. The highest BCUT2D eigenvalue weighted by Crippen LogP contribution is 2.18. The average Bonchev–Trinajstić information content (AvgIpc) is 2.46.